The number of hydrogen-bond acceptors (Lipinski definition) is 3. The van der Waals surface area contributed by atoms with Crippen molar-refractivity contribution in [1.82, 2.24) is 9.97 Å². The van der Waals surface area contributed by atoms with Crippen LogP contribution < -0.4 is 5.32 Å². The molecule has 0 atom stereocenters. The van der Waals surface area contributed by atoms with Crippen molar-refractivity contribution in [1.29, 1.82) is 0 Å². The lowest BCUT2D eigenvalue weighted by Gasteiger charge is -2.24. The van der Waals surface area contributed by atoms with E-state index in [9.17, 15) is 0 Å². The molecule has 0 spiro atoms. The molecule has 2 aromatic carbocycles. The van der Waals surface area contributed by atoms with Crippen molar-refractivity contribution in [3.63, 3.8) is 0 Å². The van der Waals surface area contributed by atoms with E-state index in [-0.39, 0.29) is 0 Å². The molecule has 2 aliphatic carbocycles. The van der Waals surface area contributed by atoms with Crippen molar-refractivity contribution in [3.8, 4) is 0 Å². The molecule has 3 heteroatoms. The Morgan fingerprint density at radius 3 is 2.14 bits per heavy atom. The van der Waals surface area contributed by atoms with Crippen molar-refractivity contribution in [3.05, 3.63) is 89.4 Å². The summed E-state index contributed by atoms with van der Waals surface area (Å²) in [6.07, 6.45) is 9.01. The highest BCUT2D eigenvalue weighted by Gasteiger charge is 2.29. The molecule has 0 amide bonds. The van der Waals surface area contributed by atoms with Crippen LogP contribution in [0.2, 0.25) is 0 Å². The van der Waals surface area contributed by atoms with Crippen LogP contribution in [0, 0.1) is 0 Å². The standard InChI is InChI=1S/C25H25N3/c1-4-10-18(11-5-1)21-16-22-24(23(21)19-12-6-2-7-13-19)25(27-17-26-22)28-20-14-8-3-9-15-20/h1-2,4-7,10-13,17,20H,3,8-9,14-16H2,(H,26,27,28). The summed E-state index contributed by atoms with van der Waals surface area (Å²) in [5, 5.41) is 3.77. The normalized spacial score (nSPS) is 16.9. The highest BCUT2D eigenvalue weighted by molar-refractivity contribution is 6.05. The minimum atomic E-state index is 0.519. The van der Waals surface area contributed by atoms with Crippen LogP contribution in [0.25, 0.3) is 11.1 Å². The van der Waals surface area contributed by atoms with Gasteiger partial charge in [0.15, 0.2) is 0 Å². The number of allylic oxidation sites excluding steroid dienone is 1. The van der Waals surface area contributed by atoms with E-state index in [1.807, 2.05) is 0 Å². The summed E-state index contributed by atoms with van der Waals surface area (Å²) in [7, 11) is 0. The Morgan fingerprint density at radius 2 is 1.43 bits per heavy atom. The maximum Gasteiger partial charge on any atom is 0.137 e. The number of nitrogens with zero attached hydrogens (tertiary/aromatic N) is 2. The van der Waals surface area contributed by atoms with Crippen molar-refractivity contribution < 1.29 is 0 Å². The predicted octanol–water partition coefficient (Wildman–Crippen LogP) is 5.74. The molecule has 140 valence electrons. The van der Waals surface area contributed by atoms with Gasteiger partial charge in [0.05, 0.1) is 5.69 Å². The lowest BCUT2D eigenvalue weighted by molar-refractivity contribution is 0.461. The first kappa shape index (κ1) is 17.2. The summed E-state index contributed by atoms with van der Waals surface area (Å²) in [4.78, 5) is 9.36. The van der Waals surface area contributed by atoms with Gasteiger partial charge in [-0.05, 0) is 35.1 Å². The third kappa shape index (κ3) is 3.22. The van der Waals surface area contributed by atoms with E-state index < -0.39 is 0 Å². The molecule has 1 N–H and O–H groups in total. The number of nitrogens with one attached hydrogen (secondary N) is 1. The number of aromatic nitrogens is 2. The topological polar surface area (TPSA) is 37.8 Å². The van der Waals surface area contributed by atoms with Crippen LogP contribution in [-0.4, -0.2) is 16.0 Å². The predicted molar refractivity (Wildman–Crippen MR) is 115 cm³/mol. The molecule has 5 rings (SSSR count). The van der Waals surface area contributed by atoms with Gasteiger partial charge in [-0.25, -0.2) is 9.97 Å². The maximum absolute atomic E-state index is 4.69. The van der Waals surface area contributed by atoms with Gasteiger partial charge in [-0.15, -0.1) is 0 Å². The highest BCUT2D eigenvalue weighted by atomic mass is 15.0. The minimum absolute atomic E-state index is 0.519. The molecular weight excluding hydrogens is 342 g/mol. The number of benzene rings is 2. The van der Waals surface area contributed by atoms with Crippen molar-refractivity contribution in [2.45, 2.75) is 44.6 Å². The van der Waals surface area contributed by atoms with Gasteiger partial charge in [-0.3, -0.25) is 0 Å². The van der Waals surface area contributed by atoms with Gasteiger partial charge >= 0.3 is 0 Å². The van der Waals surface area contributed by atoms with E-state index in [1.165, 1.54) is 59.9 Å². The Morgan fingerprint density at radius 1 is 0.750 bits per heavy atom. The largest absolute Gasteiger partial charge is 0.367 e. The third-order valence-electron chi connectivity index (χ3n) is 5.95. The number of hydrogen-bond donors (Lipinski definition) is 1. The lowest BCUT2D eigenvalue weighted by atomic mass is 9.93. The molecule has 0 bridgehead atoms. The summed E-state index contributed by atoms with van der Waals surface area (Å²) in [6, 6.07) is 21.9. The van der Waals surface area contributed by atoms with E-state index in [0.29, 0.717) is 6.04 Å². The molecule has 1 aromatic heterocycles. The van der Waals surface area contributed by atoms with Crippen molar-refractivity contribution in [2.75, 3.05) is 5.32 Å². The van der Waals surface area contributed by atoms with Crippen LogP contribution in [0.4, 0.5) is 5.82 Å². The molecule has 1 saturated carbocycles. The molecule has 3 aromatic rings. The second-order valence-corrected chi connectivity index (χ2v) is 7.79. The molecule has 1 heterocycles. The molecule has 0 unspecified atom stereocenters. The van der Waals surface area contributed by atoms with E-state index in [1.54, 1.807) is 6.33 Å². The fourth-order valence-electron chi connectivity index (χ4n) is 4.58. The molecule has 3 nitrogen and oxygen atoms in total. The zero-order valence-electron chi connectivity index (χ0n) is 16.1. The Bertz CT molecular complexity index is 987. The lowest BCUT2D eigenvalue weighted by Crippen LogP contribution is -2.23. The van der Waals surface area contributed by atoms with Gasteiger partial charge in [0, 0.05) is 18.0 Å². The minimum Gasteiger partial charge on any atom is -0.367 e. The summed E-state index contributed by atoms with van der Waals surface area (Å²) in [6.45, 7) is 0. The van der Waals surface area contributed by atoms with Crippen LogP contribution >= 0.6 is 0 Å². The maximum atomic E-state index is 4.69. The number of fused-ring (bicyclic) bond motifs is 1. The van der Waals surface area contributed by atoms with Gasteiger partial charge in [0.25, 0.3) is 0 Å². The fourth-order valence-corrected chi connectivity index (χ4v) is 4.58. The third-order valence-corrected chi connectivity index (χ3v) is 5.95. The summed E-state index contributed by atoms with van der Waals surface area (Å²) < 4.78 is 0. The molecule has 28 heavy (non-hydrogen) atoms. The second-order valence-electron chi connectivity index (χ2n) is 7.79. The summed E-state index contributed by atoms with van der Waals surface area (Å²) in [5.74, 6) is 1.00. The Hall–Kier alpha value is -2.94. The van der Waals surface area contributed by atoms with E-state index in [4.69, 9.17) is 4.98 Å². The van der Waals surface area contributed by atoms with Gasteiger partial charge in [-0.2, -0.15) is 0 Å². The SMILES string of the molecule is c1ccc(C2=C(c3ccccc3)c3c(ncnc3NC3CCCCC3)C2)cc1. The molecular formula is C25H25N3. The highest BCUT2D eigenvalue weighted by Crippen LogP contribution is 2.44. The van der Waals surface area contributed by atoms with Gasteiger partial charge in [0.2, 0.25) is 0 Å². The van der Waals surface area contributed by atoms with E-state index >= 15 is 0 Å². The zero-order valence-corrected chi connectivity index (χ0v) is 16.1. The molecule has 0 radical (unpaired) electrons. The fraction of sp³-hybridized carbons (Fsp3) is 0.280. The van der Waals surface area contributed by atoms with Gasteiger partial charge in [0.1, 0.15) is 12.1 Å². The summed E-state index contributed by atoms with van der Waals surface area (Å²) in [5.41, 5.74) is 7.45. The Labute approximate surface area is 166 Å². The van der Waals surface area contributed by atoms with Crippen molar-refractivity contribution >= 4 is 17.0 Å². The zero-order chi connectivity index (χ0) is 18.8. The van der Waals surface area contributed by atoms with E-state index in [2.05, 4.69) is 71.0 Å². The second kappa shape index (κ2) is 7.59. The van der Waals surface area contributed by atoms with Gasteiger partial charge in [-0.1, -0.05) is 79.9 Å². The Balaban J connectivity index is 1.64. The number of rotatable bonds is 4. The monoisotopic (exact) mass is 367 g/mol. The van der Waals surface area contributed by atoms with Crippen LogP contribution in [-0.2, 0) is 6.42 Å². The van der Waals surface area contributed by atoms with E-state index in [0.717, 1.165) is 17.9 Å². The molecule has 0 saturated heterocycles. The number of anilines is 1. The molecule has 0 aliphatic heterocycles. The first-order chi connectivity index (χ1) is 13.9. The average molecular weight is 367 g/mol. The van der Waals surface area contributed by atoms with Crippen molar-refractivity contribution in [2.24, 2.45) is 0 Å². The molecule has 2 aliphatic rings. The summed E-state index contributed by atoms with van der Waals surface area (Å²) >= 11 is 0. The average Bonchev–Trinajstić information content (AvgIpc) is 3.16. The van der Waals surface area contributed by atoms with Crippen LogP contribution in [0.15, 0.2) is 67.0 Å². The Kier molecular flexibility index (Phi) is 4.66. The van der Waals surface area contributed by atoms with Gasteiger partial charge < -0.3 is 5.32 Å². The smallest absolute Gasteiger partial charge is 0.137 e. The first-order valence-electron chi connectivity index (χ1n) is 10.3. The quantitative estimate of drug-likeness (QED) is 0.639. The van der Waals surface area contributed by atoms with Crippen LogP contribution in [0.3, 0.4) is 0 Å². The van der Waals surface area contributed by atoms with Crippen LogP contribution in [0.1, 0.15) is 54.5 Å². The molecule has 1 fully saturated rings. The first-order valence-corrected chi connectivity index (χ1v) is 10.3. The van der Waals surface area contributed by atoms with Crippen LogP contribution in [0.5, 0.6) is 0 Å².